The molecule has 0 spiro atoms. The molecule has 0 saturated carbocycles. The molecule has 1 N–H and O–H groups in total. The quantitative estimate of drug-likeness (QED) is 0.797. The third-order valence-electron chi connectivity index (χ3n) is 2.25. The fourth-order valence-corrected chi connectivity index (χ4v) is 1.06. The van der Waals surface area contributed by atoms with Gasteiger partial charge in [0.1, 0.15) is 17.7 Å². The number of hydrogen-bond acceptors (Lipinski definition) is 4. The van der Waals surface area contributed by atoms with Gasteiger partial charge in [-0.05, 0) is 20.8 Å². The van der Waals surface area contributed by atoms with Gasteiger partial charge in [-0.25, -0.2) is 14.8 Å². The standard InChI is InChI=1S/C10H15N3O2/c1-10(2,3)13(4)8-7(9(14)15)5-11-6-12-8/h5-6H,1-4H3,(H,14,15). The average molecular weight is 209 g/mol. The molecular weight excluding hydrogens is 194 g/mol. The highest BCUT2D eigenvalue weighted by Gasteiger charge is 2.23. The maximum atomic E-state index is 10.9. The number of carbonyl (C=O) groups is 1. The average Bonchev–Trinajstić information content (AvgIpc) is 2.15. The van der Waals surface area contributed by atoms with Crippen LogP contribution in [-0.4, -0.2) is 33.6 Å². The maximum absolute atomic E-state index is 10.9. The molecule has 5 heteroatoms. The highest BCUT2D eigenvalue weighted by atomic mass is 16.4. The Bertz CT molecular complexity index is 371. The molecule has 0 aromatic carbocycles. The maximum Gasteiger partial charge on any atom is 0.341 e. The minimum Gasteiger partial charge on any atom is -0.477 e. The monoisotopic (exact) mass is 209 g/mol. The second-order valence-corrected chi connectivity index (χ2v) is 4.30. The summed E-state index contributed by atoms with van der Waals surface area (Å²) in [5.74, 6) is -0.577. The highest BCUT2D eigenvalue weighted by molar-refractivity contribution is 5.92. The van der Waals surface area contributed by atoms with Gasteiger partial charge in [-0.2, -0.15) is 0 Å². The number of carboxylic acid groups (broad SMARTS) is 1. The van der Waals surface area contributed by atoms with Crippen molar-refractivity contribution in [3.8, 4) is 0 Å². The molecule has 1 aromatic heterocycles. The van der Waals surface area contributed by atoms with Gasteiger partial charge in [0.2, 0.25) is 0 Å². The van der Waals surface area contributed by atoms with Crippen LogP contribution in [0.25, 0.3) is 0 Å². The lowest BCUT2D eigenvalue weighted by Crippen LogP contribution is -2.39. The molecule has 1 rings (SSSR count). The van der Waals surface area contributed by atoms with Gasteiger partial charge in [0.25, 0.3) is 0 Å². The Labute approximate surface area is 88.8 Å². The first-order valence-corrected chi connectivity index (χ1v) is 4.61. The Balaban J connectivity index is 3.19. The molecule has 0 amide bonds. The van der Waals surface area contributed by atoms with Crippen LogP contribution in [0.1, 0.15) is 31.1 Å². The van der Waals surface area contributed by atoms with Crippen molar-refractivity contribution in [2.45, 2.75) is 26.3 Å². The molecule has 0 aliphatic carbocycles. The number of hydrogen-bond donors (Lipinski definition) is 1. The Morgan fingerprint density at radius 2 is 2.07 bits per heavy atom. The van der Waals surface area contributed by atoms with Gasteiger partial charge in [0.15, 0.2) is 0 Å². The molecule has 0 saturated heterocycles. The van der Waals surface area contributed by atoms with Gasteiger partial charge >= 0.3 is 5.97 Å². The summed E-state index contributed by atoms with van der Waals surface area (Å²) in [5, 5.41) is 8.97. The van der Waals surface area contributed by atoms with Gasteiger partial charge in [-0.1, -0.05) is 0 Å². The zero-order chi connectivity index (χ0) is 11.6. The first kappa shape index (κ1) is 11.4. The fraction of sp³-hybridized carbons (Fsp3) is 0.500. The van der Waals surface area contributed by atoms with Crippen molar-refractivity contribution in [3.05, 3.63) is 18.1 Å². The number of anilines is 1. The predicted octanol–water partition coefficient (Wildman–Crippen LogP) is 1.41. The smallest absolute Gasteiger partial charge is 0.341 e. The molecule has 15 heavy (non-hydrogen) atoms. The Hall–Kier alpha value is -1.65. The minimum atomic E-state index is -1.01. The van der Waals surface area contributed by atoms with Crippen molar-refractivity contribution in [3.63, 3.8) is 0 Å². The van der Waals surface area contributed by atoms with E-state index in [4.69, 9.17) is 5.11 Å². The van der Waals surface area contributed by atoms with E-state index < -0.39 is 5.97 Å². The Kier molecular flexibility index (Phi) is 2.93. The summed E-state index contributed by atoms with van der Waals surface area (Å²) in [4.78, 5) is 20.5. The van der Waals surface area contributed by atoms with E-state index in [2.05, 4.69) is 9.97 Å². The minimum absolute atomic E-state index is 0.120. The Morgan fingerprint density at radius 3 is 2.53 bits per heavy atom. The molecule has 0 fully saturated rings. The second-order valence-electron chi connectivity index (χ2n) is 4.30. The van der Waals surface area contributed by atoms with Gasteiger partial charge in [-0.3, -0.25) is 0 Å². The summed E-state index contributed by atoms with van der Waals surface area (Å²) in [6.45, 7) is 5.96. The largest absolute Gasteiger partial charge is 0.477 e. The SMILES string of the molecule is CN(c1ncncc1C(=O)O)C(C)(C)C. The second kappa shape index (κ2) is 3.84. The van der Waals surface area contributed by atoms with Crippen LogP contribution in [0.3, 0.4) is 0 Å². The topological polar surface area (TPSA) is 66.3 Å². The number of rotatable bonds is 2. The van der Waals surface area contributed by atoms with Crippen LogP contribution in [0.4, 0.5) is 5.82 Å². The molecular formula is C10H15N3O2. The van der Waals surface area contributed by atoms with Crippen LogP contribution in [0.15, 0.2) is 12.5 Å². The van der Waals surface area contributed by atoms with Crippen LogP contribution in [0.5, 0.6) is 0 Å². The molecule has 5 nitrogen and oxygen atoms in total. The molecule has 0 aliphatic heterocycles. The van der Waals surface area contributed by atoms with Crippen LogP contribution in [-0.2, 0) is 0 Å². The van der Waals surface area contributed by atoms with Crippen molar-refractivity contribution >= 4 is 11.8 Å². The summed E-state index contributed by atoms with van der Waals surface area (Å²) in [7, 11) is 1.81. The van der Waals surface area contributed by atoms with Crippen molar-refractivity contribution in [1.29, 1.82) is 0 Å². The number of nitrogens with zero attached hydrogens (tertiary/aromatic N) is 3. The molecule has 82 valence electrons. The summed E-state index contributed by atoms with van der Waals surface area (Å²) in [6, 6.07) is 0. The van der Waals surface area contributed by atoms with Crippen molar-refractivity contribution in [1.82, 2.24) is 9.97 Å². The molecule has 1 heterocycles. The van der Waals surface area contributed by atoms with Crippen LogP contribution in [0, 0.1) is 0 Å². The molecule has 0 bridgehead atoms. The zero-order valence-corrected chi connectivity index (χ0v) is 9.35. The van der Waals surface area contributed by atoms with E-state index in [-0.39, 0.29) is 11.1 Å². The molecule has 0 aliphatic rings. The first-order valence-electron chi connectivity index (χ1n) is 4.61. The van der Waals surface area contributed by atoms with Gasteiger partial charge in [-0.15, -0.1) is 0 Å². The summed E-state index contributed by atoms with van der Waals surface area (Å²) >= 11 is 0. The van der Waals surface area contributed by atoms with Gasteiger partial charge in [0.05, 0.1) is 0 Å². The third-order valence-corrected chi connectivity index (χ3v) is 2.25. The lowest BCUT2D eigenvalue weighted by molar-refractivity contribution is 0.0696. The van der Waals surface area contributed by atoms with Crippen molar-refractivity contribution in [2.75, 3.05) is 11.9 Å². The predicted molar refractivity (Wildman–Crippen MR) is 57.1 cm³/mol. The van der Waals surface area contributed by atoms with Crippen LogP contribution < -0.4 is 4.90 Å². The molecule has 1 aromatic rings. The van der Waals surface area contributed by atoms with E-state index in [1.54, 1.807) is 0 Å². The van der Waals surface area contributed by atoms with E-state index in [1.165, 1.54) is 12.5 Å². The normalized spacial score (nSPS) is 11.2. The lowest BCUT2D eigenvalue weighted by Gasteiger charge is -2.33. The summed E-state index contributed by atoms with van der Waals surface area (Å²) < 4.78 is 0. The van der Waals surface area contributed by atoms with E-state index >= 15 is 0 Å². The van der Waals surface area contributed by atoms with Gasteiger partial charge in [0, 0.05) is 18.8 Å². The van der Waals surface area contributed by atoms with E-state index in [0.29, 0.717) is 5.82 Å². The molecule has 0 atom stereocenters. The Morgan fingerprint density at radius 1 is 1.47 bits per heavy atom. The van der Waals surface area contributed by atoms with E-state index in [1.807, 2.05) is 32.7 Å². The summed E-state index contributed by atoms with van der Waals surface area (Å²) in [6.07, 6.45) is 2.66. The van der Waals surface area contributed by atoms with Crippen LogP contribution in [0.2, 0.25) is 0 Å². The summed E-state index contributed by atoms with van der Waals surface area (Å²) in [5.41, 5.74) is -0.0617. The van der Waals surface area contributed by atoms with Crippen molar-refractivity contribution < 1.29 is 9.90 Å². The van der Waals surface area contributed by atoms with Gasteiger partial charge < -0.3 is 10.0 Å². The van der Waals surface area contributed by atoms with E-state index in [9.17, 15) is 4.79 Å². The van der Waals surface area contributed by atoms with Crippen LogP contribution >= 0.6 is 0 Å². The number of carboxylic acids is 1. The highest BCUT2D eigenvalue weighted by Crippen LogP contribution is 2.22. The lowest BCUT2D eigenvalue weighted by atomic mass is 10.1. The molecule has 0 unspecified atom stereocenters. The number of aromatic carboxylic acids is 1. The fourth-order valence-electron chi connectivity index (χ4n) is 1.06. The first-order chi connectivity index (χ1) is 6.84. The van der Waals surface area contributed by atoms with E-state index in [0.717, 1.165) is 0 Å². The number of aromatic nitrogens is 2. The molecule has 0 radical (unpaired) electrons. The van der Waals surface area contributed by atoms with Crippen molar-refractivity contribution in [2.24, 2.45) is 0 Å². The third kappa shape index (κ3) is 2.43. The zero-order valence-electron chi connectivity index (χ0n) is 9.35.